The van der Waals surface area contributed by atoms with E-state index in [9.17, 15) is 4.79 Å². The van der Waals surface area contributed by atoms with E-state index in [-0.39, 0.29) is 5.92 Å². The Morgan fingerprint density at radius 3 is 2.65 bits per heavy atom. The lowest BCUT2D eigenvalue weighted by Crippen LogP contribution is -2.30. The van der Waals surface area contributed by atoms with Crippen LogP contribution in [0.1, 0.15) is 43.6 Å². The van der Waals surface area contributed by atoms with Crippen LogP contribution in [0.4, 0.5) is 0 Å². The monoisotopic (exact) mass is 267 g/mol. The van der Waals surface area contributed by atoms with Gasteiger partial charge in [-0.2, -0.15) is 0 Å². The molecule has 2 heterocycles. The molecule has 104 valence electrons. The zero-order valence-corrected chi connectivity index (χ0v) is 11.8. The first-order valence-corrected chi connectivity index (χ1v) is 7.93. The largest absolute Gasteiger partial charge is 0.374 e. The molecule has 0 amide bonds. The minimum absolute atomic E-state index is 0.0971. The van der Waals surface area contributed by atoms with Gasteiger partial charge in [-0.15, -0.1) is 0 Å². The first-order chi connectivity index (χ1) is 9.86. The molecular formula is C18H21NO. The summed E-state index contributed by atoms with van der Waals surface area (Å²) >= 11 is 0. The molecule has 0 bridgehead atoms. The first kappa shape index (κ1) is 12.2. The van der Waals surface area contributed by atoms with E-state index in [0.717, 1.165) is 31.5 Å². The van der Waals surface area contributed by atoms with Crippen molar-refractivity contribution in [2.45, 2.75) is 38.0 Å². The molecule has 0 saturated carbocycles. The normalized spacial score (nSPS) is 29.4. The summed E-state index contributed by atoms with van der Waals surface area (Å²) in [6.45, 7) is 2.31. The molecule has 0 radical (unpaired) electrons. The summed E-state index contributed by atoms with van der Waals surface area (Å²) in [6, 6.07) is 10.4. The number of rotatable bonds is 1. The van der Waals surface area contributed by atoms with Gasteiger partial charge < -0.3 is 4.90 Å². The molecule has 20 heavy (non-hydrogen) atoms. The topological polar surface area (TPSA) is 20.3 Å². The van der Waals surface area contributed by atoms with Crippen LogP contribution in [0.2, 0.25) is 0 Å². The van der Waals surface area contributed by atoms with Gasteiger partial charge in [0, 0.05) is 30.3 Å². The molecule has 0 aromatic heterocycles. The number of Topliss-reactive ketones (excluding diaryl/α,β-unsaturated/α-hetero) is 1. The third kappa shape index (κ3) is 1.74. The van der Waals surface area contributed by atoms with E-state index >= 15 is 0 Å². The number of hydrogen-bond donors (Lipinski definition) is 0. The van der Waals surface area contributed by atoms with Gasteiger partial charge >= 0.3 is 0 Å². The van der Waals surface area contributed by atoms with Gasteiger partial charge in [-0.1, -0.05) is 36.8 Å². The number of carbonyl (C=O) groups excluding carboxylic acids is 1. The van der Waals surface area contributed by atoms with Crippen LogP contribution in [-0.2, 0) is 4.79 Å². The Morgan fingerprint density at radius 1 is 1.00 bits per heavy atom. The average molecular weight is 267 g/mol. The maximum absolute atomic E-state index is 12.9. The molecule has 1 fully saturated rings. The molecule has 1 aromatic carbocycles. The highest BCUT2D eigenvalue weighted by molar-refractivity contribution is 6.04. The summed E-state index contributed by atoms with van der Waals surface area (Å²) in [5.74, 6) is 0.963. The van der Waals surface area contributed by atoms with Gasteiger partial charge in [0.25, 0.3) is 0 Å². The molecule has 1 aliphatic carbocycles. The molecule has 0 spiro atoms. The highest BCUT2D eigenvalue weighted by atomic mass is 16.1. The number of allylic oxidation sites excluding steroid dienone is 2. The number of hydrogen-bond acceptors (Lipinski definition) is 2. The van der Waals surface area contributed by atoms with E-state index in [1.54, 1.807) is 0 Å². The predicted octanol–water partition coefficient (Wildman–Crippen LogP) is 3.50. The zero-order chi connectivity index (χ0) is 13.5. The summed E-state index contributed by atoms with van der Waals surface area (Å²) in [4.78, 5) is 15.4. The highest BCUT2D eigenvalue weighted by Gasteiger charge is 2.45. The van der Waals surface area contributed by atoms with Crippen LogP contribution in [0.3, 0.4) is 0 Å². The van der Waals surface area contributed by atoms with E-state index in [0.29, 0.717) is 11.7 Å². The van der Waals surface area contributed by atoms with Gasteiger partial charge in [-0.3, -0.25) is 4.79 Å². The molecule has 1 aromatic rings. The van der Waals surface area contributed by atoms with E-state index in [1.807, 2.05) is 6.07 Å². The summed E-state index contributed by atoms with van der Waals surface area (Å²) in [6.07, 6.45) is 5.88. The molecule has 0 unspecified atom stereocenters. The van der Waals surface area contributed by atoms with Crippen LogP contribution >= 0.6 is 0 Å². The van der Waals surface area contributed by atoms with Gasteiger partial charge in [-0.25, -0.2) is 0 Å². The second-order valence-electron chi connectivity index (χ2n) is 6.31. The van der Waals surface area contributed by atoms with Crippen molar-refractivity contribution in [2.24, 2.45) is 5.92 Å². The molecule has 2 nitrogen and oxygen atoms in total. The average Bonchev–Trinajstić information content (AvgIpc) is 2.64. The van der Waals surface area contributed by atoms with Crippen LogP contribution in [0.25, 0.3) is 0 Å². The number of carbonyl (C=O) groups is 1. The molecule has 1 saturated heterocycles. The van der Waals surface area contributed by atoms with Crippen molar-refractivity contribution in [3.05, 3.63) is 47.2 Å². The van der Waals surface area contributed by atoms with Gasteiger partial charge in [0.1, 0.15) is 0 Å². The van der Waals surface area contributed by atoms with Gasteiger partial charge in [0.15, 0.2) is 5.78 Å². The Kier molecular flexibility index (Phi) is 2.90. The van der Waals surface area contributed by atoms with Crippen molar-refractivity contribution >= 4 is 5.78 Å². The van der Waals surface area contributed by atoms with Crippen LogP contribution in [0.5, 0.6) is 0 Å². The first-order valence-electron chi connectivity index (χ1n) is 7.93. The summed E-state index contributed by atoms with van der Waals surface area (Å²) in [5, 5.41) is 0. The lowest BCUT2D eigenvalue weighted by Gasteiger charge is -2.32. The molecule has 0 N–H and O–H groups in total. The molecule has 3 aliphatic rings. The van der Waals surface area contributed by atoms with E-state index in [2.05, 4.69) is 29.2 Å². The van der Waals surface area contributed by atoms with Gasteiger partial charge in [0.2, 0.25) is 0 Å². The minimum Gasteiger partial charge on any atom is -0.374 e. The van der Waals surface area contributed by atoms with Crippen molar-refractivity contribution in [1.82, 2.24) is 4.90 Å². The molecular weight excluding hydrogens is 246 g/mol. The van der Waals surface area contributed by atoms with Crippen molar-refractivity contribution in [2.75, 3.05) is 13.1 Å². The van der Waals surface area contributed by atoms with Gasteiger partial charge in [-0.05, 0) is 31.2 Å². The maximum atomic E-state index is 12.9. The fourth-order valence-electron chi connectivity index (χ4n) is 4.37. The Bertz CT molecular complexity index is 560. The van der Waals surface area contributed by atoms with Crippen LogP contribution < -0.4 is 0 Å². The van der Waals surface area contributed by atoms with E-state index in [4.69, 9.17) is 0 Å². The lowest BCUT2D eigenvalue weighted by molar-refractivity contribution is -0.117. The lowest BCUT2D eigenvalue weighted by atomic mass is 9.84. The number of ketones is 1. The predicted molar refractivity (Wildman–Crippen MR) is 79.4 cm³/mol. The Labute approximate surface area is 120 Å². The standard InChI is InChI=1S/C18H21NO/c20-18-15-10-6-12-19-11-5-4-9-14(17(15)19)16(18)13-7-2-1-3-8-13/h1-3,7-8,14,16H,4-6,9-12H2/t14-,16+/m0/s1. The summed E-state index contributed by atoms with van der Waals surface area (Å²) in [5.41, 5.74) is 3.81. The van der Waals surface area contributed by atoms with Crippen molar-refractivity contribution < 1.29 is 4.79 Å². The summed E-state index contributed by atoms with van der Waals surface area (Å²) < 4.78 is 0. The van der Waals surface area contributed by atoms with E-state index < -0.39 is 0 Å². The van der Waals surface area contributed by atoms with Crippen molar-refractivity contribution in [1.29, 1.82) is 0 Å². The molecule has 2 aliphatic heterocycles. The fourth-order valence-corrected chi connectivity index (χ4v) is 4.37. The molecule has 2 atom stereocenters. The Morgan fingerprint density at radius 2 is 1.80 bits per heavy atom. The highest BCUT2D eigenvalue weighted by Crippen LogP contribution is 2.49. The van der Waals surface area contributed by atoms with E-state index in [1.165, 1.54) is 30.5 Å². The number of benzene rings is 1. The Hall–Kier alpha value is -1.57. The smallest absolute Gasteiger partial charge is 0.168 e. The third-order valence-electron chi connectivity index (χ3n) is 5.19. The van der Waals surface area contributed by atoms with Crippen LogP contribution in [0.15, 0.2) is 41.6 Å². The third-order valence-corrected chi connectivity index (χ3v) is 5.19. The van der Waals surface area contributed by atoms with Crippen LogP contribution in [-0.4, -0.2) is 23.8 Å². The van der Waals surface area contributed by atoms with Gasteiger partial charge in [0.05, 0.1) is 5.92 Å². The summed E-state index contributed by atoms with van der Waals surface area (Å²) in [7, 11) is 0. The molecule has 4 rings (SSSR count). The maximum Gasteiger partial charge on any atom is 0.168 e. The quantitative estimate of drug-likeness (QED) is 0.776. The SMILES string of the molecule is O=C1C2=C3[C@@H](CCCCN3CCC2)[C@H]1c1ccccc1. The Balaban J connectivity index is 1.79. The minimum atomic E-state index is 0.0971. The van der Waals surface area contributed by atoms with Crippen LogP contribution in [0, 0.1) is 5.92 Å². The van der Waals surface area contributed by atoms with Crippen molar-refractivity contribution in [3.8, 4) is 0 Å². The fraction of sp³-hybridized carbons (Fsp3) is 0.500. The van der Waals surface area contributed by atoms with Crippen molar-refractivity contribution in [3.63, 3.8) is 0 Å². The molecule has 2 heteroatoms. The zero-order valence-electron chi connectivity index (χ0n) is 11.8. The second kappa shape index (κ2) is 4.76. The number of nitrogens with zero attached hydrogens (tertiary/aromatic N) is 1. The second-order valence-corrected chi connectivity index (χ2v) is 6.31.